The highest BCUT2D eigenvalue weighted by atomic mass is 19.1. The molecule has 4 aromatic rings. The average molecular weight is 388 g/mol. The summed E-state index contributed by atoms with van der Waals surface area (Å²) in [5, 5.41) is 1.62. The first-order valence-electron chi connectivity index (χ1n) is 8.88. The summed E-state index contributed by atoms with van der Waals surface area (Å²) in [5.41, 5.74) is 1.60. The summed E-state index contributed by atoms with van der Waals surface area (Å²) in [6.45, 7) is 0. The van der Waals surface area contributed by atoms with E-state index in [1.807, 2.05) is 6.07 Å². The third kappa shape index (κ3) is 3.95. The molecule has 0 heterocycles. The van der Waals surface area contributed by atoms with Gasteiger partial charge in [-0.15, -0.1) is 0 Å². The van der Waals surface area contributed by atoms with Crippen molar-refractivity contribution in [2.75, 3.05) is 7.11 Å². The smallest absolute Gasteiger partial charge is 0.139 e. The van der Waals surface area contributed by atoms with Crippen LogP contribution in [-0.2, 0) is 0 Å². The van der Waals surface area contributed by atoms with Crippen molar-refractivity contribution < 1.29 is 17.9 Å². The van der Waals surface area contributed by atoms with E-state index in [0.29, 0.717) is 16.9 Å². The SMILES string of the molecule is COc1ccc(-c2ccc(C#Cc3ccc4cc(F)ccc4c3)c(F)c2)c(F)c1. The molecule has 142 valence electrons. The van der Waals surface area contributed by atoms with Gasteiger partial charge in [-0.2, -0.15) is 0 Å². The predicted molar refractivity (Wildman–Crippen MR) is 108 cm³/mol. The van der Waals surface area contributed by atoms with Crippen LogP contribution in [0.4, 0.5) is 13.2 Å². The third-order valence-electron chi connectivity index (χ3n) is 4.60. The molecule has 29 heavy (non-hydrogen) atoms. The Morgan fingerprint density at radius 2 is 1.48 bits per heavy atom. The molecule has 0 fully saturated rings. The van der Waals surface area contributed by atoms with Gasteiger partial charge in [0.2, 0.25) is 0 Å². The number of hydrogen-bond donors (Lipinski definition) is 0. The molecule has 0 saturated heterocycles. The van der Waals surface area contributed by atoms with Crippen molar-refractivity contribution in [1.82, 2.24) is 0 Å². The van der Waals surface area contributed by atoms with Gasteiger partial charge < -0.3 is 4.74 Å². The Kier molecular flexibility index (Phi) is 4.97. The quantitative estimate of drug-likeness (QED) is 0.365. The van der Waals surface area contributed by atoms with Gasteiger partial charge in [-0.25, -0.2) is 13.2 Å². The van der Waals surface area contributed by atoms with E-state index < -0.39 is 11.6 Å². The molecule has 0 aliphatic carbocycles. The second kappa shape index (κ2) is 7.73. The van der Waals surface area contributed by atoms with Crippen molar-refractivity contribution in [2.24, 2.45) is 0 Å². The number of hydrogen-bond acceptors (Lipinski definition) is 1. The summed E-state index contributed by atoms with van der Waals surface area (Å²) in [4.78, 5) is 0. The van der Waals surface area contributed by atoms with E-state index in [1.165, 1.54) is 37.4 Å². The molecule has 4 rings (SSSR count). The van der Waals surface area contributed by atoms with Crippen LogP contribution in [0.2, 0.25) is 0 Å². The molecule has 0 aliphatic rings. The summed E-state index contributed by atoms with van der Waals surface area (Å²) in [5.74, 6) is 4.80. The Balaban J connectivity index is 1.64. The first kappa shape index (κ1) is 18.6. The molecule has 0 atom stereocenters. The van der Waals surface area contributed by atoms with E-state index in [4.69, 9.17) is 4.74 Å². The van der Waals surface area contributed by atoms with E-state index in [0.717, 1.165) is 10.8 Å². The highest BCUT2D eigenvalue weighted by Gasteiger charge is 2.09. The van der Waals surface area contributed by atoms with Gasteiger partial charge in [0.25, 0.3) is 0 Å². The summed E-state index contributed by atoms with van der Waals surface area (Å²) in [7, 11) is 1.45. The molecular formula is C25H15F3O. The van der Waals surface area contributed by atoms with Crippen LogP contribution < -0.4 is 4.74 Å². The number of methoxy groups -OCH3 is 1. The maximum absolute atomic E-state index is 14.5. The molecule has 0 bridgehead atoms. The normalized spacial score (nSPS) is 10.5. The molecule has 4 heteroatoms. The van der Waals surface area contributed by atoms with Crippen LogP contribution in [0.5, 0.6) is 5.75 Å². The standard InChI is InChI=1S/C25H15F3O/c1-29-22-10-11-23(25(28)15-22)20-7-6-17(24(27)14-20)4-2-16-3-5-19-13-21(26)9-8-18(19)12-16/h3,5-15H,1H3. The summed E-state index contributed by atoms with van der Waals surface area (Å²) in [6, 6.07) is 18.7. The molecule has 4 aromatic carbocycles. The van der Waals surface area contributed by atoms with Crippen molar-refractivity contribution in [1.29, 1.82) is 0 Å². The van der Waals surface area contributed by atoms with Crippen LogP contribution in [0, 0.1) is 29.3 Å². The van der Waals surface area contributed by atoms with Gasteiger partial charge in [0.05, 0.1) is 12.7 Å². The lowest BCUT2D eigenvalue weighted by Gasteiger charge is -2.07. The lowest BCUT2D eigenvalue weighted by Crippen LogP contribution is -1.90. The topological polar surface area (TPSA) is 9.23 Å². The molecule has 1 nitrogen and oxygen atoms in total. The largest absolute Gasteiger partial charge is 0.497 e. The zero-order chi connectivity index (χ0) is 20.4. The fourth-order valence-corrected chi connectivity index (χ4v) is 3.07. The van der Waals surface area contributed by atoms with E-state index in [-0.39, 0.29) is 16.9 Å². The Bertz CT molecular complexity index is 1280. The Labute approximate surface area is 166 Å². The molecular weight excluding hydrogens is 373 g/mol. The molecule has 0 aromatic heterocycles. The van der Waals surface area contributed by atoms with Gasteiger partial charge in [0.1, 0.15) is 23.2 Å². The summed E-state index contributed by atoms with van der Waals surface area (Å²) < 4.78 is 47.0. The van der Waals surface area contributed by atoms with Crippen LogP contribution in [-0.4, -0.2) is 7.11 Å². The first-order chi connectivity index (χ1) is 14.0. The van der Waals surface area contributed by atoms with Crippen molar-refractivity contribution >= 4 is 10.8 Å². The van der Waals surface area contributed by atoms with Crippen LogP contribution in [0.15, 0.2) is 72.8 Å². The van der Waals surface area contributed by atoms with Crippen LogP contribution in [0.3, 0.4) is 0 Å². The fourth-order valence-electron chi connectivity index (χ4n) is 3.07. The van der Waals surface area contributed by atoms with Gasteiger partial charge >= 0.3 is 0 Å². The highest BCUT2D eigenvalue weighted by Crippen LogP contribution is 2.27. The van der Waals surface area contributed by atoms with Crippen LogP contribution in [0.1, 0.15) is 11.1 Å². The van der Waals surface area contributed by atoms with Crippen molar-refractivity contribution in [3.63, 3.8) is 0 Å². The third-order valence-corrected chi connectivity index (χ3v) is 4.60. The Morgan fingerprint density at radius 1 is 0.690 bits per heavy atom. The highest BCUT2D eigenvalue weighted by molar-refractivity contribution is 5.84. The average Bonchev–Trinajstić information content (AvgIpc) is 2.72. The summed E-state index contributed by atoms with van der Waals surface area (Å²) >= 11 is 0. The first-order valence-corrected chi connectivity index (χ1v) is 8.88. The van der Waals surface area contributed by atoms with Crippen molar-refractivity contribution in [2.45, 2.75) is 0 Å². The predicted octanol–water partition coefficient (Wildman–Crippen LogP) is 6.33. The zero-order valence-corrected chi connectivity index (χ0v) is 15.5. The number of benzene rings is 4. The zero-order valence-electron chi connectivity index (χ0n) is 15.5. The van der Waals surface area contributed by atoms with Gasteiger partial charge in [0.15, 0.2) is 0 Å². The molecule has 0 unspecified atom stereocenters. The van der Waals surface area contributed by atoms with Gasteiger partial charge in [-0.05, 0) is 64.9 Å². The molecule has 0 saturated carbocycles. The number of halogens is 3. The Hall–Kier alpha value is -3.71. The molecule has 0 aliphatic heterocycles. The second-order valence-corrected chi connectivity index (χ2v) is 6.50. The number of fused-ring (bicyclic) bond motifs is 1. The number of ether oxygens (including phenoxy) is 1. The monoisotopic (exact) mass is 388 g/mol. The second-order valence-electron chi connectivity index (χ2n) is 6.50. The maximum atomic E-state index is 14.5. The lowest BCUT2D eigenvalue weighted by atomic mass is 10.0. The molecule has 0 amide bonds. The minimum absolute atomic E-state index is 0.210. The maximum Gasteiger partial charge on any atom is 0.139 e. The van der Waals surface area contributed by atoms with Gasteiger partial charge in [0, 0.05) is 17.2 Å². The van der Waals surface area contributed by atoms with E-state index in [9.17, 15) is 13.2 Å². The van der Waals surface area contributed by atoms with Crippen LogP contribution >= 0.6 is 0 Å². The minimum Gasteiger partial charge on any atom is -0.497 e. The van der Waals surface area contributed by atoms with Gasteiger partial charge in [-0.1, -0.05) is 30.0 Å². The number of rotatable bonds is 2. The fraction of sp³-hybridized carbons (Fsp3) is 0.0400. The molecule has 0 radical (unpaired) electrons. The molecule has 0 spiro atoms. The van der Waals surface area contributed by atoms with Crippen LogP contribution in [0.25, 0.3) is 21.9 Å². The van der Waals surface area contributed by atoms with E-state index in [2.05, 4.69) is 11.8 Å². The van der Waals surface area contributed by atoms with Crippen molar-refractivity contribution in [3.05, 3.63) is 101 Å². The van der Waals surface area contributed by atoms with E-state index >= 15 is 0 Å². The van der Waals surface area contributed by atoms with E-state index in [1.54, 1.807) is 36.4 Å². The minimum atomic E-state index is -0.534. The Morgan fingerprint density at radius 3 is 2.24 bits per heavy atom. The van der Waals surface area contributed by atoms with Gasteiger partial charge in [-0.3, -0.25) is 0 Å². The van der Waals surface area contributed by atoms with Crippen molar-refractivity contribution in [3.8, 4) is 28.7 Å². The lowest BCUT2D eigenvalue weighted by molar-refractivity contribution is 0.411. The summed E-state index contributed by atoms with van der Waals surface area (Å²) in [6.07, 6.45) is 0. The molecule has 0 N–H and O–H groups in total.